The fraction of sp³-hybridized carbons (Fsp3) is 0.250. The van der Waals surface area contributed by atoms with Crippen LogP contribution in [-0.4, -0.2) is 11.5 Å². The van der Waals surface area contributed by atoms with Crippen LogP contribution in [0.3, 0.4) is 0 Å². The van der Waals surface area contributed by atoms with Gasteiger partial charge in [-0.25, -0.2) is 4.98 Å². The van der Waals surface area contributed by atoms with Crippen LogP contribution in [-0.2, 0) is 19.6 Å². The molecular formula is C28H30ClN3S. The molecule has 4 aromatic rings. The Labute approximate surface area is 206 Å². The summed E-state index contributed by atoms with van der Waals surface area (Å²) in [6, 6.07) is 27.4. The van der Waals surface area contributed by atoms with Gasteiger partial charge in [-0.05, 0) is 41.3 Å². The Kier molecular flexibility index (Phi) is 8.16. The SMILES string of the molecule is CC(C)CN(Cc1ccc(-c2csc(CNCc3ccccc3)n2)cc1)c1ccc(Cl)cc1. The standard InChI is InChI=1S/C28H30ClN3S/c1-21(2)18-32(26-14-12-25(29)13-15-26)19-23-8-10-24(11-9-23)27-20-33-28(31-27)17-30-16-22-6-4-3-5-7-22/h3-15,20-21,30H,16-19H2,1-2H3. The van der Waals surface area contributed by atoms with Crippen molar-refractivity contribution in [2.24, 2.45) is 5.92 Å². The maximum Gasteiger partial charge on any atom is 0.107 e. The van der Waals surface area contributed by atoms with Gasteiger partial charge in [0.15, 0.2) is 0 Å². The van der Waals surface area contributed by atoms with E-state index in [0.717, 1.165) is 47.5 Å². The van der Waals surface area contributed by atoms with E-state index >= 15 is 0 Å². The minimum atomic E-state index is 0.573. The lowest BCUT2D eigenvalue weighted by molar-refractivity contribution is 0.609. The number of hydrogen-bond donors (Lipinski definition) is 1. The molecule has 0 amide bonds. The van der Waals surface area contributed by atoms with E-state index in [-0.39, 0.29) is 0 Å². The topological polar surface area (TPSA) is 28.2 Å². The zero-order valence-corrected chi connectivity index (χ0v) is 20.7. The van der Waals surface area contributed by atoms with Gasteiger partial charge >= 0.3 is 0 Å². The summed E-state index contributed by atoms with van der Waals surface area (Å²) in [5.41, 5.74) is 5.97. The normalized spacial score (nSPS) is 11.2. The third-order valence-corrected chi connectivity index (χ3v) is 6.50. The van der Waals surface area contributed by atoms with Crippen LogP contribution >= 0.6 is 22.9 Å². The Morgan fingerprint density at radius 1 is 0.879 bits per heavy atom. The molecule has 1 N–H and O–H groups in total. The van der Waals surface area contributed by atoms with Crippen molar-refractivity contribution in [3.05, 3.63) is 105 Å². The number of rotatable bonds is 10. The lowest BCUT2D eigenvalue weighted by Gasteiger charge is -2.27. The molecule has 170 valence electrons. The molecule has 0 radical (unpaired) electrons. The minimum Gasteiger partial charge on any atom is -0.367 e. The molecule has 0 aliphatic heterocycles. The van der Waals surface area contributed by atoms with Crippen molar-refractivity contribution in [3.63, 3.8) is 0 Å². The first-order valence-electron chi connectivity index (χ1n) is 11.4. The quantitative estimate of drug-likeness (QED) is 0.258. The zero-order valence-electron chi connectivity index (χ0n) is 19.2. The van der Waals surface area contributed by atoms with Crippen molar-refractivity contribution < 1.29 is 0 Å². The van der Waals surface area contributed by atoms with Crippen LogP contribution in [0.1, 0.15) is 30.0 Å². The molecular weight excluding hydrogens is 446 g/mol. The summed E-state index contributed by atoms with van der Waals surface area (Å²) in [6.07, 6.45) is 0. The maximum absolute atomic E-state index is 6.09. The van der Waals surface area contributed by atoms with Crippen molar-refractivity contribution >= 4 is 28.6 Å². The first-order chi connectivity index (χ1) is 16.1. The summed E-state index contributed by atoms with van der Waals surface area (Å²) in [5, 5.41) is 7.50. The molecule has 1 aromatic heterocycles. The van der Waals surface area contributed by atoms with Gasteiger partial charge in [0.25, 0.3) is 0 Å². The fourth-order valence-electron chi connectivity index (χ4n) is 3.79. The largest absolute Gasteiger partial charge is 0.367 e. The number of aromatic nitrogens is 1. The highest BCUT2D eigenvalue weighted by Crippen LogP contribution is 2.25. The molecule has 0 saturated heterocycles. The van der Waals surface area contributed by atoms with Crippen LogP contribution in [0.25, 0.3) is 11.3 Å². The summed E-state index contributed by atoms with van der Waals surface area (Å²) >= 11 is 7.80. The van der Waals surface area contributed by atoms with E-state index in [9.17, 15) is 0 Å². The Balaban J connectivity index is 1.37. The number of nitrogens with zero attached hydrogens (tertiary/aromatic N) is 2. The highest BCUT2D eigenvalue weighted by Gasteiger charge is 2.11. The van der Waals surface area contributed by atoms with E-state index in [0.29, 0.717) is 5.92 Å². The molecule has 1 heterocycles. The lowest BCUT2D eigenvalue weighted by atomic mass is 10.1. The molecule has 4 rings (SSSR count). The third-order valence-electron chi connectivity index (χ3n) is 5.40. The zero-order chi connectivity index (χ0) is 23.0. The molecule has 5 heteroatoms. The fourth-order valence-corrected chi connectivity index (χ4v) is 4.69. The second-order valence-corrected chi connectivity index (χ2v) is 10.0. The monoisotopic (exact) mass is 475 g/mol. The summed E-state index contributed by atoms with van der Waals surface area (Å²) in [6.45, 7) is 8.00. The molecule has 0 saturated carbocycles. The first-order valence-corrected chi connectivity index (χ1v) is 12.6. The van der Waals surface area contributed by atoms with E-state index in [1.54, 1.807) is 11.3 Å². The van der Waals surface area contributed by atoms with Crippen molar-refractivity contribution in [1.29, 1.82) is 0 Å². The molecule has 0 unspecified atom stereocenters. The number of halogens is 1. The van der Waals surface area contributed by atoms with Gasteiger partial charge in [-0.1, -0.05) is 80.0 Å². The first kappa shape index (κ1) is 23.5. The molecule has 0 aliphatic rings. The maximum atomic E-state index is 6.09. The smallest absolute Gasteiger partial charge is 0.107 e. The average Bonchev–Trinajstić information content (AvgIpc) is 3.29. The Morgan fingerprint density at radius 2 is 1.61 bits per heavy atom. The molecule has 3 aromatic carbocycles. The van der Waals surface area contributed by atoms with Gasteiger partial charge in [-0.15, -0.1) is 11.3 Å². The van der Waals surface area contributed by atoms with Gasteiger partial charge in [0.2, 0.25) is 0 Å². The summed E-state index contributed by atoms with van der Waals surface area (Å²) in [5.74, 6) is 0.573. The highest BCUT2D eigenvalue weighted by atomic mass is 35.5. The summed E-state index contributed by atoms with van der Waals surface area (Å²) in [4.78, 5) is 7.24. The van der Waals surface area contributed by atoms with Gasteiger partial charge < -0.3 is 10.2 Å². The van der Waals surface area contributed by atoms with Crippen molar-refractivity contribution in [2.75, 3.05) is 11.4 Å². The van der Waals surface area contributed by atoms with E-state index < -0.39 is 0 Å². The second kappa shape index (κ2) is 11.5. The van der Waals surface area contributed by atoms with Crippen LogP contribution in [0.15, 0.2) is 84.2 Å². The van der Waals surface area contributed by atoms with Gasteiger partial charge in [0.1, 0.15) is 5.01 Å². The Hall–Kier alpha value is -2.66. The molecule has 0 fully saturated rings. The van der Waals surface area contributed by atoms with E-state index in [1.807, 2.05) is 18.2 Å². The Bertz CT molecular complexity index is 1120. The van der Waals surface area contributed by atoms with Gasteiger partial charge in [-0.2, -0.15) is 0 Å². The van der Waals surface area contributed by atoms with Crippen molar-refractivity contribution in [3.8, 4) is 11.3 Å². The summed E-state index contributed by atoms with van der Waals surface area (Å²) in [7, 11) is 0. The molecule has 0 aliphatic carbocycles. The van der Waals surface area contributed by atoms with Gasteiger partial charge in [0, 0.05) is 47.8 Å². The van der Waals surface area contributed by atoms with Crippen molar-refractivity contribution in [2.45, 2.75) is 33.5 Å². The molecule has 33 heavy (non-hydrogen) atoms. The molecule has 0 atom stereocenters. The molecule has 3 nitrogen and oxygen atoms in total. The summed E-state index contributed by atoms with van der Waals surface area (Å²) < 4.78 is 0. The minimum absolute atomic E-state index is 0.573. The van der Waals surface area contributed by atoms with Crippen LogP contribution in [0, 0.1) is 5.92 Å². The number of benzene rings is 3. The van der Waals surface area contributed by atoms with E-state index in [4.69, 9.17) is 16.6 Å². The number of anilines is 1. The average molecular weight is 476 g/mol. The third kappa shape index (κ3) is 6.91. The molecule has 0 bridgehead atoms. The van der Waals surface area contributed by atoms with Crippen molar-refractivity contribution in [1.82, 2.24) is 10.3 Å². The van der Waals surface area contributed by atoms with Crippen LogP contribution in [0.2, 0.25) is 5.02 Å². The lowest BCUT2D eigenvalue weighted by Crippen LogP contribution is -2.27. The van der Waals surface area contributed by atoms with Crippen LogP contribution in [0.4, 0.5) is 5.69 Å². The second-order valence-electron chi connectivity index (χ2n) is 8.66. The predicted molar refractivity (Wildman–Crippen MR) is 142 cm³/mol. The number of hydrogen-bond acceptors (Lipinski definition) is 4. The van der Waals surface area contributed by atoms with Gasteiger partial charge in [-0.3, -0.25) is 0 Å². The number of thiazole rings is 1. The highest BCUT2D eigenvalue weighted by molar-refractivity contribution is 7.09. The van der Waals surface area contributed by atoms with E-state index in [2.05, 4.69) is 90.1 Å². The van der Waals surface area contributed by atoms with Crippen LogP contribution < -0.4 is 10.2 Å². The van der Waals surface area contributed by atoms with Gasteiger partial charge in [0.05, 0.1) is 5.69 Å². The van der Waals surface area contributed by atoms with Crippen LogP contribution in [0.5, 0.6) is 0 Å². The Morgan fingerprint density at radius 3 is 2.30 bits per heavy atom. The number of nitrogens with one attached hydrogen (secondary N) is 1. The predicted octanol–water partition coefficient (Wildman–Crippen LogP) is 7.42. The molecule has 0 spiro atoms. The van der Waals surface area contributed by atoms with E-state index in [1.165, 1.54) is 16.8 Å².